The zero-order valence-corrected chi connectivity index (χ0v) is 12.8. The zero-order chi connectivity index (χ0) is 15.0. The van der Waals surface area contributed by atoms with E-state index in [1.54, 1.807) is 12.1 Å². The minimum Gasteiger partial charge on any atom is -0.367 e. The lowest BCUT2D eigenvalue weighted by Gasteiger charge is -2.06. The van der Waals surface area contributed by atoms with Crippen LogP contribution in [0.1, 0.15) is 5.56 Å². The predicted molar refractivity (Wildman–Crippen MR) is 84.2 cm³/mol. The maximum absolute atomic E-state index is 13.5. The molecule has 0 fully saturated rings. The van der Waals surface area contributed by atoms with Crippen LogP contribution in [-0.4, -0.2) is 5.16 Å². The average Bonchev–Trinajstić information content (AvgIpc) is 2.80. The van der Waals surface area contributed by atoms with Crippen molar-refractivity contribution in [2.75, 3.05) is 5.73 Å². The van der Waals surface area contributed by atoms with E-state index >= 15 is 0 Å². The van der Waals surface area contributed by atoms with Crippen molar-refractivity contribution in [3.8, 4) is 22.4 Å². The lowest BCUT2D eigenvalue weighted by atomic mass is 10.0. The summed E-state index contributed by atoms with van der Waals surface area (Å²) in [5.41, 5.74) is 9.66. The number of halogens is 2. The van der Waals surface area contributed by atoms with Crippen LogP contribution in [0.15, 0.2) is 51.5 Å². The Balaban J connectivity index is 2.22. The molecule has 0 saturated heterocycles. The molecule has 106 valence electrons. The molecule has 0 atom stereocenters. The number of benzene rings is 2. The summed E-state index contributed by atoms with van der Waals surface area (Å²) < 4.78 is 19.5. The zero-order valence-electron chi connectivity index (χ0n) is 11.2. The van der Waals surface area contributed by atoms with Gasteiger partial charge in [0.05, 0.1) is 5.56 Å². The van der Waals surface area contributed by atoms with E-state index in [4.69, 9.17) is 10.3 Å². The summed E-state index contributed by atoms with van der Waals surface area (Å²) in [6.07, 6.45) is 0. The van der Waals surface area contributed by atoms with Gasteiger partial charge in [-0.1, -0.05) is 45.4 Å². The lowest BCUT2D eigenvalue weighted by molar-refractivity contribution is 0.439. The van der Waals surface area contributed by atoms with Crippen LogP contribution in [0.3, 0.4) is 0 Å². The number of rotatable bonds is 2. The van der Waals surface area contributed by atoms with Gasteiger partial charge in [0.1, 0.15) is 11.5 Å². The van der Waals surface area contributed by atoms with Crippen LogP contribution < -0.4 is 5.73 Å². The number of hydrogen-bond acceptors (Lipinski definition) is 3. The molecule has 2 aromatic carbocycles. The molecule has 0 aliphatic heterocycles. The Kier molecular flexibility index (Phi) is 3.51. The minimum absolute atomic E-state index is 0.170. The van der Waals surface area contributed by atoms with Gasteiger partial charge in [-0.3, -0.25) is 0 Å². The van der Waals surface area contributed by atoms with Crippen molar-refractivity contribution in [2.45, 2.75) is 6.92 Å². The topological polar surface area (TPSA) is 52.0 Å². The fraction of sp³-hybridized carbons (Fsp3) is 0.0625. The summed E-state index contributed by atoms with van der Waals surface area (Å²) in [5, 5.41) is 4.03. The van der Waals surface area contributed by atoms with Crippen molar-refractivity contribution in [1.29, 1.82) is 0 Å². The van der Waals surface area contributed by atoms with E-state index in [-0.39, 0.29) is 11.7 Å². The second-order valence-electron chi connectivity index (χ2n) is 4.76. The third-order valence-electron chi connectivity index (χ3n) is 3.21. The maximum atomic E-state index is 13.5. The molecule has 0 amide bonds. The third kappa shape index (κ3) is 2.56. The van der Waals surface area contributed by atoms with E-state index in [1.165, 1.54) is 12.1 Å². The van der Waals surface area contributed by atoms with Gasteiger partial charge in [0.25, 0.3) is 0 Å². The molecule has 3 rings (SSSR count). The molecule has 2 N–H and O–H groups in total. The highest BCUT2D eigenvalue weighted by molar-refractivity contribution is 9.10. The molecular weight excluding hydrogens is 335 g/mol. The van der Waals surface area contributed by atoms with Crippen LogP contribution in [-0.2, 0) is 0 Å². The normalized spacial score (nSPS) is 10.8. The summed E-state index contributed by atoms with van der Waals surface area (Å²) in [6.45, 7) is 2.00. The van der Waals surface area contributed by atoms with Gasteiger partial charge >= 0.3 is 0 Å². The fourth-order valence-corrected chi connectivity index (χ4v) is 2.90. The van der Waals surface area contributed by atoms with Crippen molar-refractivity contribution in [2.24, 2.45) is 0 Å². The SMILES string of the molecule is Cc1ccc(-c2noc(N)c2-c2cccc(F)c2)c(Br)c1. The molecule has 0 aliphatic carbocycles. The average molecular weight is 347 g/mol. The first kappa shape index (κ1) is 13.8. The molecule has 0 spiro atoms. The van der Waals surface area contributed by atoms with Crippen LogP contribution in [0.5, 0.6) is 0 Å². The molecule has 5 heteroatoms. The van der Waals surface area contributed by atoms with E-state index in [2.05, 4.69) is 21.1 Å². The van der Waals surface area contributed by atoms with Gasteiger partial charge in [0.15, 0.2) is 0 Å². The molecule has 1 heterocycles. The van der Waals surface area contributed by atoms with Gasteiger partial charge < -0.3 is 10.3 Å². The highest BCUT2D eigenvalue weighted by atomic mass is 79.9. The second kappa shape index (κ2) is 5.33. The van der Waals surface area contributed by atoms with E-state index in [0.717, 1.165) is 15.6 Å². The van der Waals surface area contributed by atoms with Gasteiger partial charge in [0, 0.05) is 10.0 Å². The third-order valence-corrected chi connectivity index (χ3v) is 3.87. The first-order valence-corrected chi connectivity index (χ1v) is 7.13. The monoisotopic (exact) mass is 346 g/mol. The van der Waals surface area contributed by atoms with E-state index in [0.29, 0.717) is 16.8 Å². The Morgan fingerprint density at radius 2 is 2.00 bits per heavy atom. The fourth-order valence-electron chi connectivity index (χ4n) is 2.22. The number of nitrogens with two attached hydrogens (primary N) is 1. The van der Waals surface area contributed by atoms with Crippen molar-refractivity contribution in [3.63, 3.8) is 0 Å². The largest absolute Gasteiger partial charge is 0.367 e. The quantitative estimate of drug-likeness (QED) is 0.724. The first-order chi connectivity index (χ1) is 10.1. The lowest BCUT2D eigenvalue weighted by Crippen LogP contribution is -1.89. The molecule has 0 saturated carbocycles. The Hall–Kier alpha value is -2.14. The Morgan fingerprint density at radius 1 is 1.19 bits per heavy atom. The van der Waals surface area contributed by atoms with Crippen molar-refractivity contribution in [3.05, 3.63) is 58.3 Å². The smallest absolute Gasteiger partial charge is 0.230 e. The molecule has 3 aromatic rings. The molecule has 0 unspecified atom stereocenters. The van der Waals surface area contributed by atoms with Crippen LogP contribution in [0.25, 0.3) is 22.4 Å². The summed E-state index contributed by atoms with van der Waals surface area (Å²) >= 11 is 3.52. The molecule has 21 heavy (non-hydrogen) atoms. The van der Waals surface area contributed by atoms with Crippen molar-refractivity contribution < 1.29 is 8.91 Å². The molecular formula is C16H12BrFN2O. The number of anilines is 1. The molecule has 0 aliphatic rings. The van der Waals surface area contributed by atoms with E-state index < -0.39 is 0 Å². The predicted octanol–water partition coefficient (Wildman–Crippen LogP) is 4.80. The van der Waals surface area contributed by atoms with E-state index in [1.807, 2.05) is 25.1 Å². The number of aryl methyl sites for hydroxylation is 1. The highest BCUT2D eigenvalue weighted by Gasteiger charge is 2.19. The first-order valence-electron chi connectivity index (χ1n) is 6.34. The van der Waals surface area contributed by atoms with Gasteiger partial charge in [-0.25, -0.2) is 4.39 Å². The van der Waals surface area contributed by atoms with Crippen molar-refractivity contribution in [1.82, 2.24) is 5.16 Å². The minimum atomic E-state index is -0.331. The van der Waals surface area contributed by atoms with Gasteiger partial charge in [-0.2, -0.15) is 0 Å². The van der Waals surface area contributed by atoms with Gasteiger partial charge in [-0.15, -0.1) is 0 Å². The molecule has 1 aromatic heterocycles. The Bertz CT molecular complexity index is 814. The van der Waals surface area contributed by atoms with Gasteiger partial charge in [-0.05, 0) is 36.2 Å². The second-order valence-corrected chi connectivity index (χ2v) is 5.62. The Labute approximate surface area is 129 Å². The van der Waals surface area contributed by atoms with E-state index in [9.17, 15) is 4.39 Å². The Morgan fingerprint density at radius 3 is 2.71 bits per heavy atom. The standard InChI is InChI=1S/C16H12BrFN2O/c1-9-5-6-12(13(17)7-9)15-14(16(19)21-20-15)10-3-2-4-11(18)8-10/h2-8H,19H2,1H3. The van der Waals surface area contributed by atoms with Crippen molar-refractivity contribution >= 4 is 21.8 Å². The number of nitrogen functional groups attached to an aromatic ring is 1. The van der Waals surface area contributed by atoms with Crippen LogP contribution in [0.2, 0.25) is 0 Å². The summed E-state index contributed by atoms with van der Waals surface area (Å²) in [7, 11) is 0. The van der Waals surface area contributed by atoms with Crippen LogP contribution in [0.4, 0.5) is 10.3 Å². The molecule has 3 nitrogen and oxygen atoms in total. The summed E-state index contributed by atoms with van der Waals surface area (Å²) in [6, 6.07) is 12.1. The maximum Gasteiger partial charge on any atom is 0.230 e. The van der Waals surface area contributed by atoms with Gasteiger partial charge in [0.2, 0.25) is 5.88 Å². The number of hydrogen-bond donors (Lipinski definition) is 1. The van der Waals surface area contributed by atoms with Crippen LogP contribution >= 0.6 is 15.9 Å². The summed E-state index contributed by atoms with van der Waals surface area (Å²) in [4.78, 5) is 0. The van der Waals surface area contributed by atoms with Crippen LogP contribution in [0, 0.1) is 12.7 Å². The number of aromatic nitrogens is 1. The number of nitrogens with zero attached hydrogens (tertiary/aromatic N) is 1. The molecule has 0 bridgehead atoms. The molecule has 0 radical (unpaired) electrons. The summed E-state index contributed by atoms with van der Waals surface area (Å²) in [5.74, 6) is -0.162. The highest BCUT2D eigenvalue weighted by Crippen LogP contribution is 2.39.